The van der Waals surface area contributed by atoms with Crippen LogP contribution in [0.25, 0.3) is 0 Å². The number of carbonyl (C=O) groups is 1. The van der Waals surface area contributed by atoms with Crippen molar-refractivity contribution in [1.82, 2.24) is 0 Å². The predicted molar refractivity (Wildman–Crippen MR) is 83.8 cm³/mol. The van der Waals surface area contributed by atoms with E-state index in [0.29, 0.717) is 5.75 Å². The number of amides is 1. The zero-order valence-corrected chi connectivity index (χ0v) is 13.1. The van der Waals surface area contributed by atoms with Gasteiger partial charge in [-0.05, 0) is 36.4 Å². The number of sulfonamides is 1. The van der Waals surface area contributed by atoms with E-state index < -0.39 is 15.9 Å². The first-order chi connectivity index (χ1) is 10.3. The van der Waals surface area contributed by atoms with Gasteiger partial charge in [-0.3, -0.25) is 9.52 Å². The molecule has 2 rings (SSSR count). The van der Waals surface area contributed by atoms with Crippen LogP contribution < -0.4 is 15.2 Å². The summed E-state index contributed by atoms with van der Waals surface area (Å²) < 4.78 is 32.0. The van der Waals surface area contributed by atoms with Gasteiger partial charge in [0.15, 0.2) is 0 Å². The summed E-state index contributed by atoms with van der Waals surface area (Å²) in [4.78, 5) is 11.0. The predicted octanol–water partition coefficient (Wildman–Crippen LogP) is 2.25. The maximum absolute atomic E-state index is 12.3. The molecule has 0 saturated heterocycles. The Morgan fingerprint density at radius 2 is 1.82 bits per heavy atom. The summed E-state index contributed by atoms with van der Waals surface area (Å²) in [6.45, 7) is 0. The summed E-state index contributed by atoms with van der Waals surface area (Å²) in [5.41, 5.74) is 5.53. The lowest BCUT2D eigenvalue weighted by Crippen LogP contribution is -2.15. The van der Waals surface area contributed by atoms with E-state index in [1.54, 1.807) is 6.07 Å². The van der Waals surface area contributed by atoms with Crippen LogP contribution in [0.5, 0.6) is 5.75 Å². The number of primary amides is 1. The molecule has 0 heterocycles. The molecular formula is C14H13ClN2O4S. The molecular weight excluding hydrogens is 328 g/mol. The molecule has 22 heavy (non-hydrogen) atoms. The number of anilines is 1. The highest BCUT2D eigenvalue weighted by atomic mass is 35.5. The monoisotopic (exact) mass is 340 g/mol. The van der Waals surface area contributed by atoms with Crippen LogP contribution in [0.15, 0.2) is 47.4 Å². The molecule has 0 aliphatic carbocycles. The van der Waals surface area contributed by atoms with Crippen molar-refractivity contribution in [1.29, 1.82) is 0 Å². The molecule has 0 spiro atoms. The highest BCUT2D eigenvalue weighted by Crippen LogP contribution is 2.28. The topological polar surface area (TPSA) is 98.5 Å². The number of benzene rings is 2. The van der Waals surface area contributed by atoms with Gasteiger partial charge in [-0.1, -0.05) is 11.6 Å². The molecule has 8 heteroatoms. The number of nitrogens with two attached hydrogens (primary N) is 1. The van der Waals surface area contributed by atoms with E-state index in [1.807, 2.05) is 0 Å². The molecule has 0 atom stereocenters. The lowest BCUT2D eigenvalue weighted by molar-refractivity contribution is 0.1000. The normalized spacial score (nSPS) is 11.0. The minimum atomic E-state index is -3.85. The van der Waals surface area contributed by atoms with Crippen LogP contribution >= 0.6 is 11.6 Å². The van der Waals surface area contributed by atoms with Crippen LogP contribution in [0, 0.1) is 0 Å². The van der Waals surface area contributed by atoms with E-state index >= 15 is 0 Å². The maximum Gasteiger partial charge on any atom is 0.261 e. The Labute approximate surface area is 132 Å². The first kappa shape index (κ1) is 16.1. The summed E-state index contributed by atoms with van der Waals surface area (Å²) in [5.74, 6) is -0.168. The van der Waals surface area contributed by atoms with Crippen LogP contribution in [0.1, 0.15) is 10.4 Å². The van der Waals surface area contributed by atoms with Gasteiger partial charge in [0.2, 0.25) is 5.91 Å². The standard InChI is InChI=1S/C14H13ClN2O4S/c1-21-10-4-7-12(15)13(8-10)17-22(19,20)11-5-2-9(3-6-11)14(16)18/h2-8,17H,1H3,(H2,16,18). The zero-order chi connectivity index (χ0) is 16.3. The van der Waals surface area contributed by atoms with Gasteiger partial charge in [-0.25, -0.2) is 8.42 Å². The Hall–Kier alpha value is -2.25. The first-order valence-electron chi connectivity index (χ1n) is 6.10. The van der Waals surface area contributed by atoms with Crippen molar-refractivity contribution < 1.29 is 17.9 Å². The minimum absolute atomic E-state index is 0.0172. The van der Waals surface area contributed by atoms with Crippen molar-refractivity contribution in [2.45, 2.75) is 4.90 Å². The molecule has 1 amide bonds. The van der Waals surface area contributed by atoms with Crippen molar-refractivity contribution in [3.63, 3.8) is 0 Å². The van der Waals surface area contributed by atoms with Crippen LogP contribution in [0.2, 0.25) is 5.02 Å². The average Bonchev–Trinajstić information content (AvgIpc) is 2.49. The number of halogens is 1. The number of ether oxygens (including phenoxy) is 1. The lowest BCUT2D eigenvalue weighted by Gasteiger charge is -2.11. The number of hydrogen-bond acceptors (Lipinski definition) is 4. The quantitative estimate of drug-likeness (QED) is 0.872. The zero-order valence-electron chi connectivity index (χ0n) is 11.5. The average molecular weight is 341 g/mol. The van der Waals surface area contributed by atoms with Crippen molar-refractivity contribution in [3.8, 4) is 5.75 Å². The second-order valence-electron chi connectivity index (χ2n) is 4.34. The van der Waals surface area contributed by atoms with E-state index in [9.17, 15) is 13.2 Å². The SMILES string of the molecule is COc1ccc(Cl)c(NS(=O)(=O)c2ccc(C(N)=O)cc2)c1. The van der Waals surface area contributed by atoms with E-state index in [0.717, 1.165) is 0 Å². The van der Waals surface area contributed by atoms with E-state index in [4.69, 9.17) is 22.1 Å². The second-order valence-corrected chi connectivity index (χ2v) is 6.43. The summed E-state index contributed by atoms with van der Waals surface area (Å²) >= 11 is 5.97. The fraction of sp³-hybridized carbons (Fsp3) is 0.0714. The number of hydrogen-bond donors (Lipinski definition) is 2. The fourth-order valence-electron chi connectivity index (χ4n) is 1.71. The maximum atomic E-state index is 12.3. The van der Waals surface area contributed by atoms with Crippen molar-refractivity contribution in [3.05, 3.63) is 53.1 Å². The van der Waals surface area contributed by atoms with Crippen LogP contribution in [0.3, 0.4) is 0 Å². The largest absolute Gasteiger partial charge is 0.497 e. The fourth-order valence-corrected chi connectivity index (χ4v) is 3.00. The molecule has 0 aliphatic heterocycles. The number of rotatable bonds is 5. The Balaban J connectivity index is 2.33. The Morgan fingerprint density at radius 3 is 2.36 bits per heavy atom. The summed E-state index contributed by atoms with van der Waals surface area (Å²) in [6, 6.07) is 9.86. The van der Waals surface area contributed by atoms with Gasteiger partial charge in [0.05, 0.1) is 22.7 Å². The third kappa shape index (κ3) is 3.49. The molecule has 0 aliphatic rings. The van der Waals surface area contributed by atoms with Gasteiger partial charge in [0.25, 0.3) is 10.0 Å². The van der Waals surface area contributed by atoms with Gasteiger partial charge in [0, 0.05) is 11.6 Å². The van der Waals surface area contributed by atoms with Crippen molar-refractivity contribution in [2.24, 2.45) is 5.73 Å². The summed E-state index contributed by atoms with van der Waals surface area (Å²) in [7, 11) is -2.38. The molecule has 3 N–H and O–H groups in total. The molecule has 0 fully saturated rings. The number of nitrogens with one attached hydrogen (secondary N) is 1. The molecule has 0 unspecified atom stereocenters. The smallest absolute Gasteiger partial charge is 0.261 e. The Kier molecular flexibility index (Phi) is 4.58. The molecule has 116 valence electrons. The molecule has 6 nitrogen and oxygen atoms in total. The first-order valence-corrected chi connectivity index (χ1v) is 7.96. The molecule has 0 aromatic heterocycles. The highest BCUT2D eigenvalue weighted by molar-refractivity contribution is 7.92. The van der Waals surface area contributed by atoms with Gasteiger partial charge in [-0.15, -0.1) is 0 Å². The van der Waals surface area contributed by atoms with Crippen molar-refractivity contribution >= 4 is 33.2 Å². The molecule has 2 aromatic rings. The second kappa shape index (κ2) is 6.25. The molecule has 0 bridgehead atoms. The molecule has 0 radical (unpaired) electrons. The summed E-state index contributed by atoms with van der Waals surface area (Å²) in [5, 5.41) is 0.234. The third-order valence-corrected chi connectivity index (χ3v) is 4.58. The van der Waals surface area contributed by atoms with Gasteiger partial charge in [-0.2, -0.15) is 0 Å². The van der Waals surface area contributed by atoms with E-state index in [-0.39, 0.29) is 21.2 Å². The molecule has 2 aromatic carbocycles. The number of carbonyl (C=O) groups excluding carboxylic acids is 1. The Bertz CT molecular complexity index is 804. The van der Waals surface area contributed by atoms with Gasteiger partial charge in [0.1, 0.15) is 5.75 Å². The third-order valence-electron chi connectivity index (χ3n) is 2.87. The lowest BCUT2D eigenvalue weighted by atomic mass is 10.2. The summed E-state index contributed by atoms with van der Waals surface area (Å²) in [6.07, 6.45) is 0. The van der Waals surface area contributed by atoms with Crippen molar-refractivity contribution in [2.75, 3.05) is 11.8 Å². The minimum Gasteiger partial charge on any atom is -0.497 e. The number of methoxy groups -OCH3 is 1. The van der Waals surface area contributed by atoms with Crippen LogP contribution in [-0.2, 0) is 10.0 Å². The van der Waals surface area contributed by atoms with Gasteiger partial charge < -0.3 is 10.5 Å². The highest BCUT2D eigenvalue weighted by Gasteiger charge is 2.16. The van der Waals surface area contributed by atoms with Gasteiger partial charge >= 0.3 is 0 Å². The van der Waals surface area contributed by atoms with E-state index in [2.05, 4.69) is 4.72 Å². The molecule has 0 saturated carbocycles. The van der Waals surface area contributed by atoms with Crippen LogP contribution in [0.4, 0.5) is 5.69 Å². The van der Waals surface area contributed by atoms with Crippen LogP contribution in [-0.4, -0.2) is 21.4 Å². The van der Waals surface area contributed by atoms with E-state index in [1.165, 1.54) is 43.5 Å². The Morgan fingerprint density at radius 1 is 1.18 bits per heavy atom.